The second-order valence-corrected chi connectivity index (χ2v) is 7.06. The molecule has 2 aromatic rings. The van der Waals surface area contributed by atoms with Crippen LogP contribution in [0, 0.1) is 0 Å². The number of nitrogens with one attached hydrogen (secondary N) is 1. The predicted molar refractivity (Wildman–Crippen MR) is 83.0 cm³/mol. The molecule has 1 saturated heterocycles. The summed E-state index contributed by atoms with van der Waals surface area (Å²) in [5, 5.41) is 3.40. The first-order chi connectivity index (χ1) is 9.42. The molecule has 0 radical (unpaired) electrons. The van der Waals surface area contributed by atoms with Crippen molar-refractivity contribution in [3.8, 4) is 0 Å². The van der Waals surface area contributed by atoms with Crippen LogP contribution in [-0.4, -0.2) is 41.1 Å². The van der Waals surface area contributed by atoms with Gasteiger partial charge < -0.3 is 0 Å². The number of hydrogen-bond donors (Lipinski definition) is 1. The monoisotopic (exact) mass is 318 g/mol. The summed E-state index contributed by atoms with van der Waals surface area (Å²) in [6.07, 6.45) is 0. The minimum atomic E-state index is 0.408. The van der Waals surface area contributed by atoms with Crippen LogP contribution in [-0.2, 0) is 0 Å². The number of hydrogen-bond acceptors (Lipinski definition) is 2. The Morgan fingerprint density at radius 2 is 1.58 bits per heavy atom. The molecule has 0 saturated carbocycles. The van der Waals surface area contributed by atoms with E-state index in [9.17, 15) is 0 Å². The van der Waals surface area contributed by atoms with Crippen LogP contribution in [0.1, 0.15) is 0 Å². The zero-order valence-corrected chi connectivity index (χ0v) is 12.6. The molecule has 0 aromatic heterocycles. The number of nitrogens with zero attached hydrogens (tertiary/aromatic N) is 1. The van der Waals surface area contributed by atoms with Gasteiger partial charge in [-0.3, -0.25) is 0 Å². The van der Waals surface area contributed by atoms with Gasteiger partial charge in [-0.1, -0.05) is 0 Å². The Labute approximate surface area is 121 Å². The van der Waals surface area contributed by atoms with Gasteiger partial charge in [-0.2, -0.15) is 0 Å². The summed E-state index contributed by atoms with van der Waals surface area (Å²) in [5.74, 6) is 0. The third kappa shape index (κ3) is 3.38. The van der Waals surface area contributed by atoms with Crippen molar-refractivity contribution >= 4 is 29.6 Å². The van der Waals surface area contributed by atoms with Gasteiger partial charge in [0.2, 0.25) is 0 Å². The van der Waals surface area contributed by atoms with Gasteiger partial charge in [-0.05, 0) is 0 Å². The van der Waals surface area contributed by atoms with E-state index in [-0.39, 0.29) is 0 Å². The fourth-order valence-electron chi connectivity index (χ4n) is 2.29. The average molecular weight is 317 g/mol. The van der Waals surface area contributed by atoms with Crippen LogP contribution in [0.2, 0.25) is 0 Å². The normalized spacial score (nSPS) is 15.5. The standard InChI is InChI=1S/C16H18N2Se/c1-2-6-15(7-3-1)19-16-8-4-5-14(13-16)18-11-9-17-10-12-18/h1-8,13,17H,9-12H2. The van der Waals surface area contributed by atoms with E-state index >= 15 is 0 Å². The quantitative estimate of drug-likeness (QED) is 0.841. The van der Waals surface area contributed by atoms with E-state index in [2.05, 4.69) is 64.8 Å². The zero-order valence-electron chi connectivity index (χ0n) is 10.9. The van der Waals surface area contributed by atoms with Crippen molar-refractivity contribution in [2.45, 2.75) is 0 Å². The van der Waals surface area contributed by atoms with Crippen LogP contribution in [0.4, 0.5) is 5.69 Å². The first-order valence-electron chi connectivity index (χ1n) is 6.70. The van der Waals surface area contributed by atoms with Crippen LogP contribution in [0.3, 0.4) is 0 Å². The second-order valence-electron chi connectivity index (χ2n) is 4.65. The molecule has 3 heteroatoms. The van der Waals surface area contributed by atoms with Crippen LogP contribution in [0.25, 0.3) is 0 Å². The van der Waals surface area contributed by atoms with Crippen molar-refractivity contribution in [2.75, 3.05) is 31.1 Å². The molecule has 1 fully saturated rings. The molecule has 3 rings (SSSR count). The number of anilines is 1. The Morgan fingerprint density at radius 1 is 0.842 bits per heavy atom. The predicted octanol–water partition coefficient (Wildman–Crippen LogP) is 0.751. The Hall–Kier alpha value is -1.28. The molecule has 0 bridgehead atoms. The van der Waals surface area contributed by atoms with Gasteiger partial charge in [-0.15, -0.1) is 0 Å². The van der Waals surface area contributed by atoms with Crippen molar-refractivity contribution in [2.24, 2.45) is 0 Å². The first kappa shape index (κ1) is 12.7. The molecule has 1 N–H and O–H groups in total. The zero-order chi connectivity index (χ0) is 12.9. The summed E-state index contributed by atoms with van der Waals surface area (Å²) in [6, 6.07) is 19.8. The van der Waals surface area contributed by atoms with E-state index in [0.29, 0.717) is 15.0 Å². The van der Waals surface area contributed by atoms with Crippen LogP contribution >= 0.6 is 0 Å². The number of benzene rings is 2. The van der Waals surface area contributed by atoms with E-state index in [1.165, 1.54) is 14.6 Å². The van der Waals surface area contributed by atoms with Gasteiger partial charge in [0.05, 0.1) is 0 Å². The van der Waals surface area contributed by atoms with Gasteiger partial charge in [0, 0.05) is 0 Å². The van der Waals surface area contributed by atoms with Crippen LogP contribution in [0.15, 0.2) is 54.6 Å². The van der Waals surface area contributed by atoms with Crippen molar-refractivity contribution in [3.05, 3.63) is 54.6 Å². The van der Waals surface area contributed by atoms with Gasteiger partial charge in [-0.25, -0.2) is 0 Å². The van der Waals surface area contributed by atoms with Gasteiger partial charge >= 0.3 is 121 Å². The molecule has 0 aliphatic carbocycles. The van der Waals surface area contributed by atoms with E-state index in [4.69, 9.17) is 0 Å². The summed E-state index contributed by atoms with van der Waals surface area (Å²) < 4.78 is 2.89. The molecule has 19 heavy (non-hydrogen) atoms. The maximum absolute atomic E-state index is 3.40. The van der Waals surface area contributed by atoms with E-state index < -0.39 is 0 Å². The van der Waals surface area contributed by atoms with Gasteiger partial charge in [0.1, 0.15) is 0 Å². The van der Waals surface area contributed by atoms with Crippen molar-refractivity contribution in [3.63, 3.8) is 0 Å². The molecular weight excluding hydrogens is 299 g/mol. The fourth-order valence-corrected chi connectivity index (χ4v) is 4.16. The Morgan fingerprint density at radius 3 is 2.37 bits per heavy atom. The molecule has 2 nitrogen and oxygen atoms in total. The molecule has 1 aliphatic rings. The summed E-state index contributed by atoms with van der Waals surface area (Å²) in [7, 11) is 0. The Balaban J connectivity index is 1.76. The third-order valence-electron chi connectivity index (χ3n) is 3.28. The molecule has 0 unspecified atom stereocenters. The van der Waals surface area contributed by atoms with E-state index in [0.717, 1.165) is 26.2 Å². The summed E-state index contributed by atoms with van der Waals surface area (Å²) in [5.41, 5.74) is 1.37. The molecule has 1 heterocycles. The van der Waals surface area contributed by atoms with Gasteiger partial charge in [0.25, 0.3) is 0 Å². The van der Waals surface area contributed by atoms with Crippen LogP contribution in [0.5, 0.6) is 0 Å². The Bertz CT molecular complexity index is 521. The summed E-state index contributed by atoms with van der Waals surface area (Å²) in [6.45, 7) is 4.41. The SMILES string of the molecule is c1ccc([Se]c2cccc(N3CCNCC3)c2)cc1. The number of piperazine rings is 1. The molecule has 0 atom stereocenters. The topological polar surface area (TPSA) is 15.3 Å². The Kier molecular flexibility index (Phi) is 4.19. The van der Waals surface area contributed by atoms with Crippen molar-refractivity contribution < 1.29 is 0 Å². The van der Waals surface area contributed by atoms with Crippen LogP contribution < -0.4 is 19.1 Å². The number of rotatable bonds is 3. The minimum absolute atomic E-state index is 0.408. The first-order valence-corrected chi connectivity index (χ1v) is 8.42. The average Bonchev–Trinajstić information content (AvgIpc) is 2.49. The van der Waals surface area contributed by atoms with Crippen molar-refractivity contribution in [1.29, 1.82) is 0 Å². The van der Waals surface area contributed by atoms with E-state index in [1.807, 2.05) is 0 Å². The third-order valence-corrected chi connectivity index (χ3v) is 5.37. The summed E-state index contributed by atoms with van der Waals surface area (Å²) >= 11 is 0.408. The molecule has 0 spiro atoms. The molecular formula is C16H18N2Se. The second kappa shape index (κ2) is 6.25. The summed E-state index contributed by atoms with van der Waals surface area (Å²) in [4.78, 5) is 2.47. The molecule has 98 valence electrons. The fraction of sp³-hybridized carbons (Fsp3) is 0.250. The van der Waals surface area contributed by atoms with E-state index in [1.54, 1.807) is 0 Å². The van der Waals surface area contributed by atoms with Gasteiger partial charge in [0.15, 0.2) is 0 Å². The molecule has 0 amide bonds. The van der Waals surface area contributed by atoms with Crippen molar-refractivity contribution in [1.82, 2.24) is 5.32 Å². The maximum atomic E-state index is 3.40. The molecule has 2 aromatic carbocycles. The molecule has 1 aliphatic heterocycles.